The molecule has 1 aliphatic carbocycles. The normalized spacial score (nSPS) is 16.3. The summed E-state index contributed by atoms with van der Waals surface area (Å²) >= 11 is 0. The van der Waals surface area contributed by atoms with Gasteiger partial charge in [-0.15, -0.1) is 0 Å². The number of ether oxygens (including phenoxy) is 1. The fourth-order valence-corrected chi connectivity index (χ4v) is 4.67. The number of esters is 1. The van der Waals surface area contributed by atoms with Crippen LogP contribution in [0.2, 0.25) is 0 Å². The number of hydrogen-bond acceptors (Lipinski definition) is 8. The van der Waals surface area contributed by atoms with Crippen LogP contribution < -0.4 is 5.32 Å². The zero-order chi connectivity index (χ0) is 24.5. The first-order valence-electron chi connectivity index (χ1n) is 11.5. The van der Waals surface area contributed by atoms with Gasteiger partial charge in [-0.25, -0.2) is 14.8 Å². The molecule has 180 valence electrons. The Hall–Kier alpha value is -3.26. The van der Waals surface area contributed by atoms with E-state index in [-0.39, 0.29) is 29.0 Å². The Labute approximate surface area is 199 Å². The van der Waals surface area contributed by atoms with Crippen molar-refractivity contribution in [3.8, 4) is 11.6 Å². The van der Waals surface area contributed by atoms with Crippen LogP contribution in [0.25, 0.3) is 11.6 Å². The predicted molar refractivity (Wildman–Crippen MR) is 126 cm³/mol. The van der Waals surface area contributed by atoms with Crippen LogP contribution >= 0.6 is 0 Å². The Bertz CT molecular complexity index is 1190. The lowest BCUT2D eigenvalue weighted by Crippen LogP contribution is -2.29. The van der Waals surface area contributed by atoms with Gasteiger partial charge < -0.3 is 23.7 Å². The average molecular weight is 466 g/mol. The largest absolute Gasteiger partial charge is 0.464 e. The zero-order valence-electron chi connectivity index (χ0n) is 20.3. The number of oxazole rings is 2. The summed E-state index contributed by atoms with van der Waals surface area (Å²) in [5.74, 6) is 0.828. The molecule has 0 amide bonds. The van der Waals surface area contributed by atoms with E-state index >= 15 is 0 Å². The molecule has 0 saturated heterocycles. The SMILES string of the molecule is CNC(c1nc(-c2nc(C(=O)OC)co2)c(C2CCc3ccc(CCC=O)cc32)o1)C(C)(C)C. The molecule has 0 radical (unpaired) electrons. The molecule has 34 heavy (non-hydrogen) atoms. The van der Waals surface area contributed by atoms with E-state index < -0.39 is 5.97 Å². The molecule has 2 aromatic heterocycles. The Morgan fingerprint density at radius 1 is 1.32 bits per heavy atom. The molecular weight excluding hydrogens is 434 g/mol. The van der Waals surface area contributed by atoms with Gasteiger partial charge in [-0.1, -0.05) is 39.0 Å². The molecule has 8 heteroatoms. The lowest BCUT2D eigenvalue weighted by molar-refractivity contribution is -0.107. The third-order valence-corrected chi connectivity index (χ3v) is 6.33. The van der Waals surface area contributed by atoms with Crippen LogP contribution in [0, 0.1) is 5.41 Å². The highest BCUT2D eigenvalue weighted by molar-refractivity contribution is 5.87. The highest BCUT2D eigenvalue weighted by Gasteiger charge is 2.36. The van der Waals surface area contributed by atoms with E-state index in [0.29, 0.717) is 30.2 Å². The molecule has 0 saturated carbocycles. The van der Waals surface area contributed by atoms with Gasteiger partial charge in [0.15, 0.2) is 11.4 Å². The van der Waals surface area contributed by atoms with Crippen molar-refractivity contribution in [2.24, 2.45) is 5.41 Å². The van der Waals surface area contributed by atoms with E-state index in [2.05, 4.69) is 49.3 Å². The molecule has 8 nitrogen and oxygen atoms in total. The number of nitrogens with one attached hydrogen (secondary N) is 1. The van der Waals surface area contributed by atoms with Crippen LogP contribution in [0.5, 0.6) is 0 Å². The Morgan fingerprint density at radius 2 is 2.12 bits per heavy atom. The maximum Gasteiger partial charge on any atom is 0.360 e. The van der Waals surface area contributed by atoms with E-state index in [1.54, 1.807) is 0 Å². The fraction of sp³-hybridized carbons (Fsp3) is 0.462. The molecule has 0 aliphatic heterocycles. The monoisotopic (exact) mass is 465 g/mol. The number of benzene rings is 1. The Kier molecular flexibility index (Phi) is 6.70. The minimum Gasteiger partial charge on any atom is -0.464 e. The lowest BCUT2D eigenvalue weighted by Gasteiger charge is -2.27. The van der Waals surface area contributed by atoms with E-state index in [1.165, 1.54) is 24.5 Å². The van der Waals surface area contributed by atoms with Crippen molar-refractivity contribution in [1.82, 2.24) is 15.3 Å². The molecule has 1 N–H and O–H groups in total. The molecule has 1 aromatic carbocycles. The van der Waals surface area contributed by atoms with Crippen molar-refractivity contribution in [3.63, 3.8) is 0 Å². The van der Waals surface area contributed by atoms with Crippen molar-refractivity contribution in [2.75, 3.05) is 14.2 Å². The molecule has 3 aromatic rings. The summed E-state index contributed by atoms with van der Waals surface area (Å²) in [6, 6.07) is 6.25. The smallest absolute Gasteiger partial charge is 0.360 e. The van der Waals surface area contributed by atoms with Crippen molar-refractivity contribution in [2.45, 2.75) is 58.4 Å². The van der Waals surface area contributed by atoms with Crippen LogP contribution in [0.3, 0.4) is 0 Å². The third kappa shape index (κ3) is 4.55. The van der Waals surface area contributed by atoms with E-state index in [4.69, 9.17) is 18.6 Å². The molecule has 2 heterocycles. The molecule has 2 atom stereocenters. The number of carbonyl (C=O) groups excluding carboxylic acids is 2. The summed E-state index contributed by atoms with van der Waals surface area (Å²) < 4.78 is 16.9. The predicted octanol–water partition coefficient (Wildman–Crippen LogP) is 4.63. The number of nitrogens with zero attached hydrogens (tertiary/aromatic N) is 2. The first kappa shape index (κ1) is 23.9. The van der Waals surface area contributed by atoms with Gasteiger partial charge in [0.05, 0.1) is 13.2 Å². The van der Waals surface area contributed by atoms with E-state index in [0.717, 1.165) is 24.7 Å². The lowest BCUT2D eigenvalue weighted by atomic mass is 9.87. The van der Waals surface area contributed by atoms with Gasteiger partial charge >= 0.3 is 5.97 Å². The quantitative estimate of drug-likeness (QED) is 0.379. The minimum atomic E-state index is -0.575. The topological polar surface area (TPSA) is 107 Å². The number of carbonyl (C=O) groups is 2. The summed E-state index contributed by atoms with van der Waals surface area (Å²) in [4.78, 5) is 32.0. The first-order valence-corrected chi connectivity index (χ1v) is 11.5. The summed E-state index contributed by atoms with van der Waals surface area (Å²) in [5.41, 5.74) is 3.96. The van der Waals surface area contributed by atoms with Crippen LogP contribution in [0.15, 0.2) is 33.3 Å². The van der Waals surface area contributed by atoms with Crippen molar-refractivity contribution < 1.29 is 23.2 Å². The Morgan fingerprint density at radius 3 is 2.79 bits per heavy atom. The number of aryl methyl sites for hydroxylation is 2. The number of rotatable bonds is 8. The number of methoxy groups -OCH3 is 1. The maximum atomic E-state index is 12.0. The highest BCUT2D eigenvalue weighted by Crippen LogP contribution is 2.44. The summed E-state index contributed by atoms with van der Waals surface area (Å²) in [6.45, 7) is 6.34. The number of fused-ring (bicyclic) bond motifs is 1. The molecular formula is C26H31N3O5. The average Bonchev–Trinajstić information content (AvgIpc) is 3.54. The van der Waals surface area contributed by atoms with Crippen LogP contribution in [-0.2, 0) is 22.4 Å². The highest BCUT2D eigenvalue weighted by atomic mass is 16.5. The molecule has 0 bridgehead atoms. The third-order valence-electron chi connectivity index (χ3n) is 6.33. The summed E-state index contributed by atoms with van der Waals surface area (Å²) in [7, 11) is 3.18. The fourth-order valence-electron chi connectivity index (χ4n) is 4.67. The minimum absolute atomic E-state index is 0.0339. The molecule has 0 fully saturated rings. The summed E-state index contributed by atoms with van der Waals surface area (Å²) in [6.07, 6.45) is 5.18. The van der Waals surface area contributed by atoms with Gasteiger partial charge in [0.1, 0.15) is 18.3 Å². The van der Waals surface area contributed by atoms with E-state index in [9.17, 15) is 9.59 Å². The standard InChI is InChI=1S/C26H31N3O5/c1-26(2,3)22(27-4)24-29-20(23-28-19(14-33-23)25(31)32-5)21(34-24)17-11-10-16-9-8-15(7-6-12-30)13-18(16)17/h8-9,12-14,17,22,27H,6-7,10-11H2,1-5H3. The molecule has 0 spiro atoms. The van der Waals surface area contributed by atoms with Gasteiger partial charge in [-0.3, -0.25) is 0 Å². The summed E-state index contributed by atoms with van der Waals surface area (Å²) in [5, 5.41) is 3.31. The van der Waals surface area contributed by atoms with Crippen LogP contribution in [0.4, 0.5) is 0 Å². The van der Waals surface area contributed by atoms with Gasteiger partial charge in [-0.2, -0.15) is 0 Å². The van der Waals surface area contributed by atoms with Gasteiger partial charge in [0.2, 0.25) is 11.8 Å². The van der Waals surface area contributed by atoms with Gasteiger partial charge in [0, 0.05) is 12.3 Å². The van der Waals surface area contributed by atoms with Crippen LogP contribution in [-0.4, -0.2) is 36.4 Å². The Balaban J connectivity index is 1.82. The number of aromatic nitrogens is 2. The zero-order valence-corrected chi connectivity index (χ0v) is 20.3. The molecule has 1 aliphatic rings. The van der Waals surface area contributed by atoms with Crippen molar-refractivity contribution in [1.29, 1.82) is 0 Å². The van der Waals surface area contributed by atoms with Crippen molar-refractivity contribution >= 4 is 12.3 Å². The second-order valence-corrected chi connectivity index (χ2v) is 9.71. The van der Waals surface area contributed by atoms with Gasteiger partial charge in [0.25, 0.3) is 0 Å². The van der Waals surface area contributed by atoms with E-state index in [1.807, 2.05) is 7.05 Å². The van der Waals surface area contributed by atoms with Crippen LogP contribution in [0.1, 0.15) is 84.4 Å². The second-order valence-electron chi connectivity index (χ2n) is 9.71. The first-order chi connectivity index (χ1) is 16.3. The molecule has 2 unspecified atom stereocenters. The van der Waals surface area contributed by atoms with Crippen molar-refractivity contribution in [3.05, 3.63) is 58.5 Å². The molecule has 4 rings (SSSR count). The maximum absolute atomic E-state index is 12.0. The number of aldehydes is 1. The van der Waals surface area contributed by atoms with Gasteiger partial charge in [-0.05, 0) is 48.4 Å². The number of hydrogen-bond donors (Lipinski definition) is 1. The second kappa shape index (κ2) is 9.54.